The molecule has 3 amide bonds. The van der Waals surface area contributed by atoms with Crippen LogP contribution < -0.4 is 10.1 Å². The standard InChI is InChI=1S/C17H22N2O4/c1-4-17(5-2)15(21)19(16(22)18-17)11-14(20)12-7-9-13(10-8-12)23-6-3/h7-10H,4-6,11H2,1-3H3,(H,18,22). The van der Waals surface area contributed by atoms with Gasteiger partial charge in [-0.2, -0.15) is 0 Å². The van der Waals surface area contributed by atoms with E-state index >= 15 is 0 Å². The lowest BCUT2D eigenvalue weighted by molar-refractivity contribution is -0.131. The molecule has 1 N–H and O–H groups in total. The maximum absolute atomic E-state index is 12.5. The number of ether oxygens (including phenoxy) is 1. The van der Waals surface area contributed by atoms with Crippen LogP contribution in [0.15, 0.2) is 24.3 Å². The fourth-order valence-corrected chi connectivity index (χ4v) is 2.69. The van der Waals surface area contributed by atoms with E-state index in [2.05, 4.69) is 5.32 Å². The van der Waals surface area contributed by atoms with Gasteiger partial charge in [0, 0.05) is 5.56 Å². The van der Waals surface area contributed by atoms with Crippen LogP contribution in [0.4, 0.5) is 4.79 Å². The molecule has 124 valence electrons. The van der Waals surface area contributed by atoms with Gasteiger partial charge in [0.1, 0.15) is 11.3 Å². The molecule has 0 aliphatic carbocycles. The van der Waals surface area contributed by atoms with Gasteiger partial charge in [-0.25, -0.2) is 4.79 Å². The van der Waals surface area contributed by atoms with Crippen LogP contribution in [0, 0.1) is 0 Å². The largest absolute Gasteiger partial charge is 0.494 e. The first kappa shape index (κ1) is 17.0. The monoisotopic (exact) mass is 318 g/mol. The first-order valence-electron chi connectivity index (χ1n) is 7.87. The molecule has 1 aromatic carbocycles. The molecule has 1 aliphatic rings. The fraction of sp³-hybridized carbons (Fsp3) is 0.471. The van der Waals surface area contributed by atoms with Gasteiger partial charge in [0.05, 0.1) is 13.2 Å². The van der Waals surface area contributed by atoms with E-state index in [0.717, 1.165) is 4.90 Å². The molecule has 2 rings (SSSR count). The van der Waals surface area contributed by atoms with E-state index < -0.39 is 11.6 Å². The van der Waals surface area contributed by atoms with Crippen molar-refractivity contribution >= 4 is 17.7 Å². The molecule has 6 heteroatoms. The molecule has 0 atom stereocenters. The summed E-state index contributed by atoms with van der Waals surface area (Å²) in [6.45, 7) is 5.87. The van der Waals surface area contributed by atoms with Gasteiger partial charge in [0.15, 0.2) is 5.78 Å². The Hall–Kier alpha value is -2.37. The lowest BCUT2D eigenvalue weighted by Gasteiger charge is -2.22. The van der Waals surface area contributed by atoms with Crippen LogP contribution in [0.25, 0.3) is 0 Å². The summed E-state index contributed by atoms with van der Waals surface area (Å²) < 4.78 is 5.32. The molecule has 1 heterocycles. The van der Waals surface area contributed by atoms with Crippen molar-refractivity contribution in [1.29, 1.82) is 0 Å². The number of carbonyl (C=O) groups excluding carboxylic acids is 3. The summed E-state index contributed by atoms with van der Waals surface area (Å²) in [5.41, 5.74) is -0.435. The quantitative estimate of drug-likeness (QED) is 0.618. The third-order valence-corrected chi connectivity index (χ3v) is 4.24. The van der Waals surface area contributed by atoms with Gasteiger partial charge >= 0.3 is 6.03 Å². The van der Waals surface area contributed by atoms with Gasteiger partial charge in [0.25, 0.3) is 5.91 Å². The Morgan fingerprint density at radius 3 is 2.22 bits per heavy atom. The summed E-state index contributed by atoms with van der Waals surface area (Å²) >= 11 is 0. The molecule has 6 nitrogen and oxygen atoms in total. The van der Waals surface area contributed by atoms with Gasteiger partial charge in [0.2, 0.25) is 0 Å². The Labute approximate surface area is 135 Å². The highest BCUT2D eigenvalue weighted by atomic mass is 16.5. The van der Waals surface area contributed by atoms with Gasteiger partial charge in [-0.1, -0.05) is 13.8 Å². The lowest BCUT2D eigenvalue weighted by Crippen LogP contribution is -2.46. The van der Waals surface area contributed by atoms with Gasteiger partial charge in [-0.05, 0) is 44.0 Å². The van der Waals surface area contributed by atoms with E-state index in [-0.39, 0.29) is 18.2 Å². The number of carbonyl (C=O) groups is 3. The molecule has 0 radical (unpaired) electrons. The van der Waals surface area contributed by atoms with Crippen molar-refractivity contribution in [3.8, 4) is 5.75 Å². The number of hydrogen-bond donors (Lipinski definition) is 1. The van der Waals surface area contributed by atoms with Gasteiger partial charge in [-0.3, -0.25) is 14.5 Å². The third-order valence-electron chi connectivity index (χ3n) is 4.24. The minimum Gasteiger partial charge on any atom is -0.494 e. The Morgan fingerprint density at radius 2 is 1.74 bits per heavy atom. The van der Waals surface area contributed by atoms with Crippen LogP contribution in [-0.2, 0) is 4.79 Å². The number of benzene rings is 1. The topological polar surface area (TPSA) is 75.7 Å². The number of urea groups is 1. The Bertz CT molecular complexity index is 606. The van der Waals surface area contributed by atoms with Crippen molar-refractivity contribution in [3.05, 3.63) is 29.8 Å². The lowest BCUT2D eigenvalue weighted by atomic mass is 9.93. The van der Waals surface area contributed by atoms with E-state index in [0.29, 0.717) is 30.8 Å². The molecule has 0 spiro atoms. The van der Waals surface area contributed by atoms with Crippen LogP contribution in [0.2, 0.25) is 0 Å². The number of nitrogens with one attached hydrogen (secondary N) is 1. The SMILES string of the molecule is CCOc1ccc(C(=O)CN2C(=O)NC(CC)(CC)C2=O)cc1. The maximum atomic E-state index is 12.5. The van der Waals surface area contributed by atoms with Crippen LogP contribution in [0.3, 0.4) is 0 Å². The zero-order chi connectivity index (χ0) is 17.0. The normalized spacial score (nSPS) is 16.4. The zero-order valence-electron chi connectivity index (χ0n) is 13.7. The van der Waals surface area contributed by atoms with Crippen molar-refractivity contribution in [3.63, 3.8) is 0 Å². The number of amides is 3. The average molecular weight is 318 g/mol. The number of hydrogen-bond acceptors (Lipinski definition) is 4. The minimum absolute atomic E-state index is 0.250. The van der Waals surface area contributed by atoms with Gasteiger partial charge < -0.3 is 10.1 Å². The van der Waals surface area contributed by atoms with E-state index in [1.165, 1.54) is 0 Å². The molecule has 1 fully saturated rings. The summed E-state index contributed by atoms with van der Waals surface area (Å²) in [4.78, 5) is 37.9. The maximum Gasteiger partial charge on any atom is 0.325 e. The van der Waals surface area contributed by atoms with Crippen LogP contribution >= 0.6 is 0 Å². The van der Waals surface area contributed by atoms with Crippen molar-refractivity contribution in [2.24, 2.45) is 0 Å². The van der Waals surface area contributed by atoms with Crippen LogP contribution in [0.5, 0.6) is 5.75 Å². The molecular weight excluding hydrogens is 296 g/mol. The summed E-state index contributed by atoms with van der Waals surface area (Å²) in [6.07, 6.45) is 1.00. The second kappa shape index (κ2) is 6.81. The fourth-order valence-electron chi connectivity index (χ4n) is 2.69. The van der Waals surface area contributed by atoms with E-state index in [9.17, 15) is 14.4 Å². The first-order chi connectivity index (χ1) is 11.0. The highest BCUT2D eigenvalue weighted by molar-refractivity contribution is 6.11. The smallest absolute Gasteiger partial charge is 0.325 e. The van der Waals surface area contributed by atoms with E-state index in [1.807, 2.05) is 20.8 Å². The molecule has 0 bridgehead atoms. The predicted octanol–water partition coefficient (Wildman–Crippen LogP) is 2.38. The third kappa shape index (κ3) is 3.21. The highest BCUT2D eigenvalue weighted by Gasteiger charge is 2.49. The summed E-state index contributed by atoms with van der Waals surface area (Å²) in [6, 6.07) is 6.17. The summed E-state index contributed by atoms with van der Waals surface area (Å²) in [5, 5.41) is 2.71. The van der Waals surface area contributed by atoms with Gasteiger partial charge in [-0.15, -0.1) is 0 Å². The Kier molecular flexibility index (Phi) is 5.03. The van der Waals surface area contributed by atoms with Crippen molar-refractivity contribution in [2.45, 2.75) is 39.2 Å². The number of ketones is 1. The van der Waals surface area contributed by atoms with Crippen molar-refractivity contribution in [1.82, 2.24) is 10.2 Å². The van der Waals surface area contributed by atoms with Crippen LogP contribution in [0.1, 0.15) is 44.0 Å². The first-order valence-corrected chi connectivity index (χ1v) is 7.87. The Balaban J connectivity index is 2.11. The molecule has 0 unspecified atom stereocenters. The second-order valence-corrected chi connectivity index (χ2v) is 5.49. The van der Waals surface area contributed by atoms with E-state index in [1.54, 1.807) is 24.3 Å². The number of imide groups is 1. The van der Waals surface area contributed by atoms with E-state index in [4.69, 9.17) is 4.74 Å². The molecule has 1 aromatic rings. The molecule has 1 aliphatic heterocycles. The molecule has 0 aromatic heterocycles. The zero-order valence-corrected chi connectivity index (χ0v) is 13.7. The van der Waals surface area contributed by atoms with Crippen molar-refractivity contribution < 1.29 is 19.1 Å². The minimum atomic E-state index is -0.879. The molecule has 0 saturated carbocycles. The number of nitrogens with zero attached hydrogens (tertiary/aromatic N) is 1. The second-order valence-electron chi connectivity index (χ2n) is 5.49. The summed E-state index contributed by atoms with van der Waals surface area (Å²) in [7, 11) is 0. The Morgan fingerprint density at radius 1 is 1.13 bits per heavy atom. The average Bonchev–Trinajstić information content (AvgIpc) is 2.80. The molecule has 1 saturated heterocycles. The highest BCUT2D eigenvalue weighted by Crippen LogP contribution is 2.25. The number of rotatable bonds is 7. The van der Waals surface area contributed by atoms with Crippen LogP contribution in [-0.4, -0.2) is 41.3 Å². The molecular formula is C17H22N2O4. The summed E-state index contributed by atoms with van der Waals surface area (Å²) in [5.74, 6) is 0.0707. The molecule has 23 heavy (non-hydrogen) atoms. The number of Topliss-reactive ketones (excluding diaryl/α,β-unsaturated/α-hetero) is 1. The van der Waals surface area contributed by atoms with Crippen molar-refractivity contribution in [2.75, 3.05) is 13.2 Å². The predicted molar refractivity (Wildman–Crippen MR) is 85.5 cm³/mol.